The minimum Gasteiger partial charge on any atom is -0.355 e. The summed E-state index contributed by atoms with van der Waals surface area (Å²) in [6, 6.07) is 1.33. The minimum atomic E-state index is -1.61. The van der Waals surface area contributed by atoms with E-state index in [1.165, 1.54) is 4.90 Å². The smallest absolute Gasteiger partial charge is 0.254 e. The Labute approximate surface area is 143 Å². The number of carbonyl (C=O) groups is 2. The highest BCUT2D eigenvalue weighted by Gasteiger charge is 2.29. The van der Waals surface area contributed by atoms with Gasteiger partial charge in [0.1, 0.15) is 0 Å². The molecule has 1 aliphatic rings. The molecule has 1 aromatic carbocycles. The molecule has 9 heteroatoms. The lowest BCUT2D eigenvalue weighted by Gasteiger charge is -2.32. The first kappa shape index (κ1) is 20.2. The van der Waals surface area contributed by atoms with Crippen molar-refractivity contribution in [3.05, 3.63) is 35.1 Å². The van der Waals surface area contributed by atoms with Crippen LogP contribution in [0.5, 0.6) is 0 Å². The fourth-order valence-electron chi connectivity index (χ4n) is 2.58. The van der Waals surface area contributed by atoms with E-state index in [9.17, 15) is 22.8 Å². The SMILES string of the molecule is Cl.NCCNC(=O)C1CCCN(C(=O)c2cc(F)c(F)c(F)c2)C1. The number of rotatable bonds is 4. The summed E-state index contributed by atoms with van der Waals surface area (Å²) in [5.41, 5.74) is 5.04. The molecule has 0 spiro atoms. The highest BCUT2D eigenvalue weighted by Crippen LogP contribution is 2.21. The number of nitrogens with zero attached hydrogens (tertiary/aromatic N) is 1. The molecule has 0 radical (unpaired) electrons. The number of hydrogen-bond acceptors (Lipinski definition) is 3. The first-order valence-corrected chi connectivity index (χ1v) is 7.35. The lowest BCUT2D eigenvalue weighted by molar-refractivity contribution is -0.126. The Morgan fingerprint density at radius 1 is 1.25 bits per heavy atom. The monoisotopic (exact) mass is 365 g/mol. The molecule has 0 saturated carbocycles. The maximum atomic E-state index is 13.3. The van der Waals surface area contributed by atoms with E-state index in [2.05, 4.69) is 5.32 Å². The van der Waals surface area contributed by atoms with Crippen LogP contribution in [-0.2, 0) is 4.79 Å². The number of benzene rings is 1. The molecule has 0 aromatic heterocycles. The summed E-state index contributed by atoms with van der Waals surface area (Å²) in [7, 11) is 0. The van der Waals surface area contributed by atoms with E-state index >= 15 is 0 Å². The first-order valence-electron chi connectivity index (χ1n) is 7.35. The van der Waals surface area contributed by atoms with Gasteiger partial charge in [-0.05, 0) is 25.0 Å². The van der Waals surface area contributed by atoms with Crippen molar-refractivity contribution in [2.24, 2.45) is 11.7 Å². The molecule has 1 saturated heterocycles. The van der Waals surface area contributed by atoms with Crippen LogP contribution in [0.15, 0.2) is 12.1 Å². The molecule has 1 fully saturated rings. The molecule has 1 unspecified atom stereocenters. The van der Waals surface area contributed by atoms with Gasteiger partial charge in [0, 0.05) is 31.7 Å². The second-order valence-corrected chi connectivity index (χ2v) is 5.42. The minimum absolute atomic E-state index is 0. The molecule has 0 bridgehead atoms. The van der Waals surface area contributed by atoms with Crippen molar-refractivity contribution in [2.45, 2.75) is 12.8 Å². The summed E-state index contributed by atoms with van der Waals surface area (Å²) >= 11 is 0. The fourth-order valence-corrected chi connectivity index (χ4v) is 2.58. The molecule has 1 heterocycles. The molecule has 2 amide bonds. The normalized spacial score (nSPS) is 17.2. The van der Waals surface area contributed by atoms with E-state index in [0.717, 1.165) is 0 Å². The molecule has 2 rings (SSSR count). The molecule has 1 atom stereocenters. The molecule has 5 nitrogen and oxygen atoms in total. The Morgan fingerprint density at radius 2 is 1.88 bits per heavy atom. The van der Waals surface area contributed by atoms with E-state index in [1.807, 2.05) is 0 Å². The van der Waals surface area contributed by atoms with Gasteiger partial charge in [0.25, 0.3) is 5.91 Å². The molecule has 1 aliphatic heterocycles. The van der Waals surface area contributed by atoms with Crippen LogP contribution in [0.4, 0.5) is 13.2 Å². The zero-order chi connectivity index (χ0) is 17.0. The van der Waals surface area contributed by atoms with Gasteiger partial charge in [-0.3, -0.25) is 9.59 Å². The third-order valence-corrected chi connectivity index (χ3v) is 3.75. The molecule has 24 heavy (non-hydrogen) atoms. The molecular formula is C15H19ClF3N3O2. The van der Waals surface area contributed by atoms with E-state index in [0.29, 0.717) is 44.6 Å². The number of carbonyl (C=O) groups excluding carboxylic acids is 2. The Hall–Kier alpha value is -1.80. The number of nitrogens with one attached hydrogen (secondary N) is 1. The standard InChI is InChI=1S/C15H18F3N3O2.ClH/c16-11-6-10(7-12(17)13(11)18)15(23)21-5-1-2-9(8-21)14(22)20-4-3-19;/h6-7,9H,1-5,8,19H2,(H,20,22);1H. The second kappa shape index (κ2) is 8.89. The summed E-state index contributed by atoms with van der Waals surface area (Å²) < 4.78 is 39.5. The van der Waals surface area contributed by atoms with Crippen LogP contribution >= 0.6 is 12.4 Å². The van der Waals surface area contributed by atoms with Crippen molar-refractivity contribution in [3.8, 4) is 0 Å². The van der Waals surface area contributed by atoms with Gasteiger partial charge in [-0.2, -0.15) is 0 Å². The van der Waals surface area contributed by atoms with E-state index in [1.54, 1.807) is 0 Å². The molecular weight excluding hydrogens is 347 g/mol. The number of nitrogens with two attached hydrogens (primary N) is 1. The van der Waals surface area contributed by atoms with Gasteiger partial charge in [-0.1, -0.05) is 0 Å². The van der Waals surface area contributed by atoms with Gasteiger partial charge >= 0.3 is 0 Å². The van der Waals surface area contributed by atoms with Gasteiger partial charge in [0.15, 0.2) is 17.5 Å². The zero-order valence-electron chi connectivity index (χ0n) is 12.9. The van der Waals surface area contributed by atoms with Crippen molar-refractivity contribution in [1.82, 2.24) is 10.2 Å². The average Bonchev–Trinajstić information content (AvgIpc) is 2.56. The van der Waals surface area contributed by atoms with E-state index < -0.39 is 29.3 Å². The van der Waals surface area contributed by atoms with Gasteiger partial charge < -0.3 is 16.0 Å². The predicted molar refractivity (Wildman–Crippen MR) is 84.3 cm³/mol. The van der Waals surface area contributed by atoms with Crippen molar-refractivity contribution in [1.29, 1.82) is 0 Å². The van der Waals surface area contributed by atoms with Crippen LogP contribution < -0.4 is 11.1 Å². The van der Waals surface area contributed by atoms with Crippen LogP contribution in [-0.4, -0.2) is 42.9 Å². The van der Waals surface area contributed by atoms with Crippen LogP contribution in [0, 0.1) is 23.4 Å². The second-order valence-electron chi connectivity index (χ2n) is 5.42. The summed E-state index contributed by atoms with van der Waals surface area (Å²) in [4.78, 5) is 25.6. The number of amides is 2. The maximum absolute atomic E-state index is 13.3. The number of likely N-dealkylation sites (tertiary alicyclic amines) is 1. The number of piperidine rings is 1. The van der Waals surface area contributed by atoms with Crippen LogP contribution in [0.1, 0.15) is 23.2 Å². The Balaban J connectivity index is 0.00000288. The third kappa shape index (κ3) is 4.61. The first-order chi connectivity index (χ1) is 10.9. The van der Waals surface area contributed by atoms with Crippen LogP contribution in [0.25, 0.3) is 0 Å². The predicted octanol–water partition coefficient (Wildman–Crippen LogP) is 1.45. The molecule has 1 aromatic rings. The Morgan fingerprint density at radius 3 is 2.46 bits per heavy atom. The third-order valence-electron chi connectivity index (χ3n) is 3.75. The van der Waals surface area contributed by atoms with Crippen molar-refractivity contribution in [2.75, 3.05) is 26.2 Å². The number of hydrogen-bond donors (Lipinski definition) is 2. The highest BCUT2D eigenvalue weighted by molar-refractivity contribution is 5.94. The van der Waals surface area contributed by atoms with Gasteiger partial charge in [-0.25, -0.2) is 13.2 Å². The Bertz CT molecular complexity index is 593. The summed E-state index contributed by atoms with van der Waals surface area (Å²) in [6.07, 6.45) is 1.21. The van der Waals surface area contributed by atoms with Crippen LogP contribution in [0.3, 0.4) is 0 Å². The zero-order valence-corrected chi connectivity index (χ0v) is 13.7. The van der Waals surface area contributed by atoms with Crippen molar-refractivity contribution < 1.29 is 22.8 Å². The summed E-state index contributed by atoms with van der Waals surface area (Å²) in [5, 5.41) is 2.66. The van der Waals surface area contributed by atoms with Crippen molar-refractivity contribution >= 4 is 24.2 Å². The summed E-state index contributed by atoms with van der Waals surface area (Å²) in [5.74, 6) is -5.66. The van der Waals surface area contributed by atoms with E-state index in [4.69, 9.17) is 5.73 Å². The van der Waals surface area contributed by atoms with Gasteiger partial charge in [-0.15, -0.1) is 12.4 Å². The Kier molecular flexibility index (Phi) is 7.50. The van der Waals surface area contributed by atoms with Crippen molar-refractivity contribution in [3.63, 3.8) is 0 Å². The largest absolute Gasteiger partial charge is 0.355 e. The lowest BCUT2D eigenvalue weighted by atomic mass is 9.96. The summed E-state index contributed by atoms with van der Waals surface area (Å²) in [6.45, 7) is 1.18. The molecule has 3 N–H and O–H groups in total. The average molecular weight is 366 g/mol. The maximum Gasteiger partial charge on any atom is 0.254 e. The number of halogens is 4. The van der Waals surface area contributed by atoms with Gasteiger partial charge in [0.05, 0.1) is 5.92 Å². The topological polar surface area (TPSA) is 75.4 Å². The lowest BCUT2D eigenvalue weighted by Crippen LogP contribution is -2.46. The van der Waals surface area contributed by atoms with E-state index in [-0.39, 0.29) is 30.4 Å². The molecule has 0 aliphatic carbocycles. The highest BCUT2D eigenvalue weighted by atomic mass is 35.5. The van der Waals surface area contributed by atoms with Gasteiger partial charge in [0.2, 0.25) is 5.91 Å². The fraction of sp³-hybridized carbons (Fsp3) is 0.467. The van der Waals surface area contributed by atoms with Crippen LogP contribution in [0.2, 0.25) is 0 Å². The quantitative estimate of drug-likeness (QED) is 0.793. The molecule has 134 valence electrons.